The van der Waals surface area contributed by atoms with Gasteiger partial charge in [-0.05, 0) is 13.0 Å². The average Bonchev–Trinajstić information content (AvgIpc) is 3.25. The number of halogens is 1. The molecule has 1 aliphatic rings. The second kappa shape index (κ2) is 10.4. The molecule has 0 spiro atoms. The van der Waals surface area contributed by atoms with Crippen LogP contribution in [0.2, 0.25) is 0 Å². The lowest BCUT2D eigenvalue weighted by Gasteiger charge is -2.36. The molecule has 1 N–H and O–H groups in total. The number of hydrogen-bond acceptors (Lipinski definition) is 6. The normalized spacial score (nSPS) is 14.4. The molecule has 0 atom stereocenters. The molecular weight excluding hydrogens is 493 g/mol. The number of nitrogens with zero attached hydrogens (tertiary/aromatic N) is 6. The second-order valence-electron chi connectivity index (χ2n) is 6.91. The molecule has 2 aromatic heterocycles. The van der Waals surface area contributed by atoms with E-state index in [1.165, 1.54) is 5.56 Å². The lowest BCUT2D eigenvalue weighted by molar-refractivity contribution is 0.367. The molecule has 3 aromatic rings. The first-order valence-electron chi connectivity index (χ1n) is 9.72. The Bertz CT molecular complexity index is 951. The molecule has 1 fully saturated rings. The smallest absolute Gasteiger partial charge is 0.225 e. The summed E-state index contributed by atoms with van der Waals surface area (Å²) in [4.78, 5) is 21.9. The molecule has 3 heterocycles. The highest BCUT2D eigenvalue weighted by molar-refractivity contribution is 14.0. The van der Waals surface area contributed by atoms with E-state index in [9.17, 15) is 0 Å². The largest absolute Gasteiger partial charge is 0.439 e. The summed E-state index contributed by atoms with van der Waals surface area (Å²) in [6, 6.07) is 10.1. The van der Waals surface area contributed by atoms with Crippen molar-refractivity contribution in [2.45, 2.75) is 13.5 Å². The van der Waals surface area contributed by atoms with Gasteiger partial charge in [0.25, 0.3) is 0 Å². The van der Waals surface area contributed by atoms with Crippen molar-refractivity contribution in [1.82, 2.24) is 25.2 Å². The van der Waals surface area contributed by atoms with Gasteiger partial charge in [0.05, 0.1) is 12.7 Å². The molecule has 0 saturated carbocycles. The van der Waals surface area contributed by atoms with Crippen molar-refractivity contribution in [2.75, 3.05) is 38.1 Å². The molecule has 1 aliphatic heterocycles. The number of anilines is 1. The Kier molecular flexibility index (Phi) is 7.61. The fourth-order valence-corrected chi connectivity index (χ4v) is 3.30. The predicted octanol–water partition coefficient (Wildman–Crippen LogP) is 2.96. The van der Waals surface area contributed by atoms with E-state index in [1.807, 2.05) is 18.2 Å². The quantitative estimate of drug-likeness (QED) is 0.323. The summed E-state index contributed by atoms with van der Waals surface area (Å²) in [5, 5.41) is 3.35. The second-order valence-corrected chi connectivity index (χ2v) is 6.91. The van der Waals surface area contributed by atoms with Gasteiger partial charge in [-0.25, -0.2) is 15.0 Å². The Morgan fingerprint density at radius 3 is 2.43 bits per heavy atom. The monoisotopic (exact) mass is 519 g/mol. The third-order valence-corrected chi connectivity index (χ3v) is 4.91. The third kappa shape index (κ3) is 5.26. The molecule has 0 aliphatic carbocycles. The highest BCUT2D eigenvalue weighted by Gasteiger charge is 2.21. The number of rotatable bonds is 4. The average molecular weight is 519 g/mol. The summed E-state index contributed by atoms with van der Waals surface area (Å²) in [7, 11) is 1.79. The predicted molar refractivity (Wildman–Crippen MR) is 128 cm³/mol. The van der Waals surface area contributed by atoms with Crippen LogP contribution >= 0.6 is 24.0 Å². The van der Waals surface area contributed by atoms with Crippen molar-refractivity contribution in [1.29, 1.82) is 0 Å². The van der Waals surface area contributed by atoms with Gasteiger partial charge in [-0.3, -0.25) is 4.99 Å². The molecule has 8 nitrogen and oxygen atoms in total. The number of aryl methyl sites for hydroxylation is 1. The van der Waals surface area contributed by atoms with Crippen molar-refractivity contribution in [3.8, 4) is 11.3 Å². The minimum Gasteiger partial charge on any atom is -0.439 e. The molecule has 30 heavy (non-hydrogen) atoms. The number of guanidine groups is 1. The van der Waals surface area contributed by atoms with Gasteiger partial charge >= 0.3 is 0 Å². The topological polar surface area (TPSA) is 82.7 Å². The fraction of sp³-hybridized carbons (Fsp3) is 0.333. The Morgan fingerprint density at radius 2 is 1.77 bits per heavy atom. The van der Waals surface area contributed by atoms with Crippen LogP contribution in [0.4, 0.5) is 5.95 Å². The van der Waals surface area contributed by atoms with Gasteiger partial charge in [0.15, 0.2) is 11.7 Å². The lowest BCUT2D eigenvalue weighted by Crippen LogP contribution is -2.52. The van der Waals surface area contributed by atoms with Gasteiger partial charge in [0.2, 0.25) is 11.8 Å². The maximum absolute atomic E-state index is 5.89. The van der Waals surface area contributed by atoms with E-state index in [0.717, 1.165) is 49.4 Å². The van der Waals surface area contributed by atoms with Crippen LogP contribution in [0.15, 0.2) is 58.3 Å². The van der Waals surface area contributed by atoms with Gasteiger partial charge in [0.1, 0.15) is 0 Å². The number of aliphatic imine (C=N–C) groups is 1. The molecule has 1 aromatic carbocycles. The van der Waals surface area contributed by atoms with E-state index in [0.29, 0.717) is 12.4 Å². The van der Waals surface area contributed by atoms with Crippen LogP contribution in [0.25, 0.3) is 11.3 Å². The van der Waals surface area contributed by atoms with Crippen LogP contribution in [0.3, 0.4) is 0 Å². The van der Waals surface area contributed by atoms with E-state index < -0.39 is 0 Å². The summed E-state index contributed by atoms with van der Waals surface area (Å²) in [6.45, 7) is 5.94. The first-order valence-corrected chi connectivity index (χ1v) is 9.72. The Hall–Kier alpha value is -2.69. The zero-order valence-corrected chi connectivity index (χ0v) is 19.5. The van der Waals surface area contributed by atoms with Crippen molar-refractivity contribution in [3.63, 3.8) is 0 Å². The first-order chi connectivity index (χ1) is 14.2. The van der Waals surface area contributed by atoms with Crippen molar-refractivity contribution < 1.29 is 4.42 Å². The molecular formula is C21H26IN7O. The van der Waals surface area contributed by atoms with E-state index >= 15 is 0 Å². The molecule has 0 amide bonds. The molecule has 0 radical (unpaired) electrons. The molecule has 4 rings (SSSR count). The van der Waals surface area contributed by atoms with Crippen LogP contribution in [0.5, 0.6) is 0 Å². The molecule has 158 valence electrons. The molecule has 1 saturated heterocycles. The van der Waals surface area contributed by atoms with Gasteiger partial charge < -0.3 is 19.5 Å². The van der Waals surface area contributed by atoms with Crippen LogP contribution in [0.1, 0.15) is 11.5 Å². The van der Waals surface area contributed by atoms with Gasteiger partial charge in [-0.1, -0.05) is 29.8 Å². The van der Waals surface area contributed by atoms with Gasteiger partial charge in [-0.15, -0.1) is 24.0 Å². The number of nitrogens with one attached hydrogen (secondary N) is 1. The fourth-order valence-electron chi connectivity index (χ4n) is 3.30. The summed E-state index contributed by atoms with van der Waals surface area (Å²) in [5.41, 5.74) is 2.25. The third-order valence-electron chi connectivity index (χ3n) is 4.91. The Morgan fingerprint density at radius 1 is 1.07 bits per heavy atom. The Labute approximate surface area is 193 Å². The minimum absolute atomic E-state index is 0. The standard InChI is InChI=1S/C21H25N7O.HI/c1-16-4-6-17(7-5-16)18-14-25-19(29-18)15-26-20(22-2)27-10-12-28(13-11-27)21-23-8-3-9-24-21;/h3-9,14H,10-13,15H2,1-2H3,(H,22,26);1H. The number of piperazine rings is 1. The minimum atomic E-state index is 0. The summed E-state index contributed by atoms with van der Waals surface area (Å²) in [6.07, 6.45) is 5.32. The zero-order valence-electron chi connectivity index (χ0n) is 17.2. The van der Waals surface area contributed by atoms with Crippen molar-refractivity contribution >= 4 is 35.9 Å². The van der Waals surface area contributed by atoms with Crippen molar-refractivity contribution in [3.05, 3.63) is 60.4 Å². The van der Waals surface area contributed by atoms with E-state index in [1.54, 1.807) is 25.6 Å². The molecule has 0 bridgehead atoms. The maximum atomic E-state index is 5.89. The highest BCUT2D eigenvalue weighted by Crippen LogP contribution is 2.20. The van der Waals surface area contributed by atoms with Gasteiger partial charge in [-0.2, -0.15) is 0 Å². The van der Waals surface area contributed by atoms with Crippen LogP contribution in [0, 0.1) is 6.92 Å². The van der Waals surface area contributed by atoms with Gasteiger partial charge in [0, 0.05) is 51.2 Å². The van der Waals surface area contributed by atoms with E-state index in [4.69, 9.17) is 4.42 Å². The van der Waals surface area contributed by atoms with Crippen molar-refractivity contribution in [2.24, 2.45) is 4.99 Å². The molecule has 9 heteroatoms. The molecule has 0 unspecified atom stereocenters. The number of aromatic nitrogens is 3. The van der Waals surface area contributed by atoms with E-state index in [2.05, 4.69) is 54.1 Å². The van der Waals surface area contributed by atoms with Crippen LogP contribution in [-0.2, 0) is 6.54 Å². The Balaban J connectivity index is 0.00000256. The summed E-state index contributed by atoms with van der Waals surface area (Å²) in [5.74, 6) is 3.03. The lowest BCUT2D eigenvalue weighted by atomic mass is 10.1. The zero-order chi connectivity index (χ0) is 20.1. The number of hydrogen-bond donors (Lipinski definition) is 1. The number of benzene rings is 1. The van der Waals surface area contributed by atoms with E-state index in [-0.39, 0.29) is 24.0 Å². The van der Waals surface area contributed by atoms with Crippen LogP contribution in [-0.4, -0.2) is 59.0 Å². The summed E-state index contributed by atoms with van der Waals surface area (Å²) >= 11 is 0. The van der Waals surface area contributed by atoms with Crippen LogP contribution < -0.4 is 10.2 Å². The maximum Gasteiger partial charge on any atom is 0.225 e. The SMILES string of the molecule is CN=C(NCc1ncc(-c2ccc(C)cc2)o1)N1CCN(c2ncccn2)CC1.I. The number of oxazole rings is 1. The highest BCUT2D eigenvalue weighted by atomic mass is 127. The first kappa shape index (κ1) is 22.0. The summed E-state index contributed by atoms with van der Waals surface area (Å²) < 4.78 is 5.89.